The lowest BCUT2D eigenvalue weighted by atomic mass is 9.96. The normalized spacial score (nSPS) is 14.7. The van der Waals surface area contributed by atoms with E-state index < -0.39 is 17.7 Å². The molecule has 3 heterocycles. The van der Waals surface area contributed by atoms with Crippen LogP contribution in [0.3, 0.4) is 0 Å². The van der Waals surface area contributed by atoms with Gasteiger partial charge in [0.1, 0.15) is 5.82 Å². The van der Waals surface area contributed by atoms with Crippen LogP contribution in [0.2, 0.25) is 5.02 Å². The smallest absolute Gasteiger partial charge is 0.417 e. The molecular weight excluding hydrogens is 501 g/mol. The maximum atomic E-state index is 13.1. The minimum atomic E-state index is -4.54. The number of aromatic nitrogens is 2. The van der Waals surface area contributed by atoms with Gasteiger partial charge in [-0.2, -0.15) is 13.2 Å². The van der Waals surface area contributed by atoms with E-state index in [-0.39, 0.29) is 22.3 Å². The summed E-state index contributed by atoms with van der Waals surface area (Å²) in [5.41, 5.74) is -0.765. The highest BCUT2D eigenvalue weighted by Crippen LogP contribution is 2.38. The van der Waals surface area contributed by atoms with Crippen molar-refractivity contribution in [3.8, 4) is 0 Å². The molecule has 0 spiro atoms. The van der Waals surface area contributed by atoms with Gasteiger partial charge in [0, 0.05) is 36.9 Å². The Hall–Kier alpha value is -2.98. The van der Waals surface area contributed by atoms with Crippen LogP contribution in [-0.4, -0.2) is 40.7 Å². The number of anilines is 2. The van der Waals surface area contributed by atoms with Crippen molar-refractivity contribution in [3.63, 3.8) is 0 Å². The second-order valence-electron chi connectivity index (χ2n) is 8.13. The van der Waals surface area contributed by atoms with Crippen LogP contribution < -0.4 is 9.21 Å². The third-order valence-corrected chi connectivity index (χ3v) is 7.02. The van der Waals surface area contributed by atoms with Gasteiger partial charge in [-0.05, 0) is 73.2 Å². The van der Waals surface area contributed by atoms with Gasteiger partial charge in [0.15, 0.2) is 5.82 Å². The van der Waals surface area contributed by atoms with Gasteiger partial charge in [0.2, 0.25) is 0 Å². The van der Waals surface area contributed by atoms with Crippen molar-refractivity contribution >= 4 is 41.2 Å². The van der Waals surface area contributed by atoms with Crippen LogP contribution in [0.1, 0.15) is 28.8 Å². The zero-order valence-corrected chi connectivity index (χ0v) is 20.0. The fourth-order valence-electron chi connectivity index (χ4n) is 3.84. The number of carboxylic acid groups (broad SMARTS) is 1. The minimum absolute atomic E-state index is 0.0968. The third-order valence-electron chi connectivity index (χ3n) is 5.71. The van der Waals surface area contributed by atoms with Crippen LogP contribution in [0.15, 0.2) is 65.8 Å². The van der Waals surface area contributed by atoms with Gasteiger partial charge in [-0.1, -0.05) is 17.7 Å². The SMILES string of the molecule is O=C(O)c1ccc(SN(CC2CCN(c3ccccn3)CC2)c2ncc(C(F)(F)F)cc2Cl)cc1. The van der Waals surface area contributed by atoms with Gasteiger partial charge in [0.25, 0.3) is 0 Å². The molecule has 1 fully saturated rings. The highest BCUT2D eigenvalue weighted by atomic mass is 35.5. The number of piperidine rings is 1. The lowest BCUT2D eigenvalue weighted by Gasteiger charge is -2.35. The Kier molecular flexibility index (Phi) is 7.71. The zero-order valence-electron chi connectivity index (χ0n) is 18.5. The molecular formula is C24H22ClF3N4O2S. The molecule has 0 amide bonds. The Morgan fingerprint density at radius 1 is 1.14 bits per heavy atom. The number of hydrogen-bond donors (Lipinski definition) is 1. The van der Waals surface area contributed by atoms with E-state index in [0.717, 1.165) is 48.9 Å². The zero-order chi connectivity index (χ0) is 25.0. The first-order valence-corrected chi connectivity index (χ1v) is 12.0. The topological polar surface area (TPSA) is 69.6 Å². The number of carboxylic acids is 1. The Balaban J connectivity index is 1.53. The maximum Gasteiger partial charge on any atom is 0.417 e. The number of nitrogens with zero attached hydrogens (tertiary/aromatic N) is 4. The summed E-state index contributed by atoms with van der Waals surface area (Å²) in [6, 6.07) is 12.9. The van der Waals surface area contributed by atoms with Crippen molar-refractivity contribution in [2.24, 2.45) is 5.92 Å². The van der Waals surface area contributed by atoms with E-state index >= 15 is 0 Å². The number of halogens is 4. The standard InChI is InChI=1S/C24H22ClF3N4O2S/c25-20-13-18(24(26,27)28)14-30-22(20)32(35-19-6-4-17(5-7-19)23(33)34)15-16-8-11-31(12-9-16)21-3-1-2-10-29-21/h1-7,10,13-14,16H,8-9,11-12,15H2,(H,33,34). The Labute approximate surface area is 209 Å². The molecule has 6 nitrogen and oxygen atoms in total. The van der Waals surface area contributed by atoms with E-state index in [4.69, 9.17) is 16.7 Å². The molecule has 0 unspecified atom stereocenters. The predicted molar refractivity (Wildman–Crippen MR) is 130 cm³/mol. The van der Waals surface area contributed by atoms with Crippen molar-refractivity contribution in [3.05, 3.63) is 77.1 Å². The summed E-state index contributed by atoms with van der Waals surface area (Å²) in [6.45, 7) is 2.13. The first-order valence-electron chi connectivity index (χ1n) is 10.9. The van der Waals surface area contributed by atoms with E-state index in [1.807, 2.05) is 18.2 Å². The van der Waals surface area contributed by atoms with Gasteiger partial charge in [-0.15, -0.1) is 0 Å². The first kappa shape index (κ1) is 25.1. The van der Waals surface area contributed by atoms with Crippen molar-refractivity contribution in [2.75, 3.05) is 28.8 Å². The second kappa shape index (κ2) is 10.7. The number of alkyl halides is 3. The molecule has 184 valence electrons. The molecule has 0 atom stereocenters. The van der Waals surface area contributed by atoms with E-state index in [0.29, 0.717) is 6.54 Å². The quantitative estimate of drug-likeness (QED) is 0.366. The lowest BCUT2D eigenvalue weighted by molar-refractivity contribution is -0.137. The second-order valence-corrected chi connectivity index (χ2v) is 9.63. The molecule has 1 saturated heterocycles. The van der Waals surface area contributed by atoms with Crippen LogP contribution in [-0.2, 0) is 6.18 Å². The molecule has 2 aromatic heterocycles. The number of pyridine rings is 2. The number of rotatable bonds is 7. The summed E-state index contributed by atoms with van der Waals surface area (Å²) >= 11 is 7.54. The van der Waals surface area contributed by atoms with Crippen molar-refractivity contribution in [1.82, 2.24) is 9.97 Å². The molecule has 0 aliphatic carbocycles. The molecule has 11 heteroatoms. The van der Waals surface area contributed by atoms with Gasteiger partial charge in [0.05, 0.1) is 16.1 Å². The fourth-order valence-corrected chi connectivity index (χ4v) is 5.19. The van der Waals surface area contributed by atoms with Gasteiger partial charge in [-0.3, -0.25) is 4.31 Å². The molecule has 35 heavy (non-hydrogen) atoms. The number of aromatic carboxylic acids is 1. The highest BCUT2D eigenvalue weighted by Gasteiger charge is 2.32. The average Bonchev–Trinajstić information content (AvgIpc) is 2.84. The minimum Gasteiger partial charge on any atom is -0.478 e. The summed E-state index contributed by atoms with van der Waals surface area (Å²) in [4.78, 5) is 22.5. The molecule has 0 saturated carbocycles. The Bertz CT molecular complexity index is 1160. The van der Waals surface area contributed by atoms with Crippen molar-refractivity contribution < 1.29 is 23.1 Å². The summed E-state index contributed by atoms with van der Waals surface area (Å²) < 4.78 is 41.2. The molecule has 1 N–H and O–H groups in total. The summed E-state index contributed by atoms with van der Waals surface area (Å²) in [6.07, 6.45) is -0.272. The van der Waals surface area contributed by atoms with Crippen LogP contribution >= 0.6 is 23.5 Å². The van der Waals surface area contributed by atoms with Crippen molar-refractivity contribution in [2.45, 2.75) is 23.9 Å². The maximum absolute atomic E-state index is 13.1. The van der Waals surface area contributed by atoms with Gasteiger partial charge < -0.3 is 10.0 Å². The number of benzene rings is 1. The van der Waals surface area contributed by atoms with Gasteiger partial charge >= 0.3 is 12.1 Å². The molecule has 4 rings (SSSR count). The first-order chi connectivity index (χ1) is 16.7. The highest BCUT2D eigenvalue weighted by molar-refractivity contribution is 8.00. The van der Waals surface area contributed by atoms with Crippen LogP contribution in [0.4, 0.5) is 24.8 Å². The molecule has 1 aliphatic rings. The summed E-state index contributed by atoms with van der Waals surface area (Å²) in [5.74, 6) is 0.369. The predicted octanol–water partition coefficient (Wildman–Crippen LogP) is 6.28. The Morgan fingerprint density at radius 3 is 2.43 bits per heavy atom. The van der Waals surface area contributed by atoms with E-state index in [1.165, 1.54) is 24.1 Å². The molecule has 1 aromatic carbocycles. The van der Waals surface area contributed by atoms with E-state index in [2.05, 4.69) is 14.9 Å². The number of hydrogen-bond acceptors (Lipinski definition) is 6. The Morgan fingerprint density at radius 2 is 1.86 bits per heavy atom. The monoisotopic (exact) mass is 522 g/mol. The van der Waals surface area contributed by atoms with Crippen molar-refractivity contribution in [1.29, 1.82) is 0 Å². The number of carbonyl (C=O) groups is 1. The molecule has 3 aromatic rings. The van der Waals surface area contributed by atoms with E-state index in [1.54, 1.807) is 22.6 Å². The van der Waals surface area contributed by atoms with Gasteiger partial charge in [-0.25, -0.2) is 14.8 Å². The van der Waals surface area contributed by atoms with E-state index in [9.17, 15) is 18.0 Å². The average molecular weight is 523 g/mol. The van der Waals surface area contributed by atoms with Crippen LogP contribution in [0.25, 0.3) is 0 Å². The van der Waals surface area contributed by atoms with Crippen LogP contribution in [0, 0.1) is 5.92 Å². The fraction of sp³-hybridized carbons (Fsp3) is 0.292. The molecule has 0 radical (unpaired) electrons. The summed E-state index contributed by atoms with van der Waals surface area (Å²) in [5, 5.41) is 9.04. The summed E-state index contributed by atoms with van der Waals surface area (Å²) in [7, 11) is 0. The third kappa shape index (κ3) is 6.37. The largest absolute Gasteiger partial charge is 0.478 e. The molecule has 1 aliphatic heterocycles. The molecule has 0 bridgehead atoms. The van der Waals surface area contributed by atoms with Crippen LogP contribution in [0.5, 0.6) is 0 Å². The lowest BCUT2D eigenvalue weighted by Crippen LogP contribution is -2.38.